The molecule has 2 aromatic carbocycles. The number of carbonyl (C=O) groups is 1. The SMILES string of the molecule is Cc1cc([C@H](C)NC(=O)Cn2nc(C(F)(F)F)n(-c3ccc(F)cc3)c2=O)ccc1Cl. The van der Waals surface area contributed by atoms with Crippen LogP contribution in [0.25, 0.3) is 5.69 Å². The average Bonchev–Trinajstić information content (AvgIpc) is 3.01. The summed E-state index contributed by atoms with van der Waals surface area (Å²) < 4.78 is 54.1. The van der Waals surface area contributed by atoms with Crippen molar-refractivity contribution in [3.8, 4) is 5.69 Å². The number of halogens is 5. The number of hydrogen-bond donors (Lipinski definition) is 1. The molecule has 3 rings (SSSR count). The zero-order valence-corrected chi connectivity index (χ0v) is 17.1. The largest absolute Gasteiger partial charge is 0.452 e. The monoisotopic (exact) mass is 456 g/mol. The van der Waals surface area contributed by atoms with E-state index in [1.165, 1.54) is 0 Å². The summed E-state index contributed by atoms with van der Waals surface area (Å²) in [5.41, 5.74) is 0.124. The van der Waals surface area contributed by atoms with Crippen LogP contribution in [0.15, 0.2) is 47.3 Å². The molecule has 31 heavy (non-hydrogen) atoms. The Hall–Kier alpha value is -3.14. The molecular weight excluding hydrogens is 440 g/mol. The number of nitrogens with one attached hydrogen (secondary N) is 1. The second-order valence-corrected chi connectivity index (χ2v) is 7.28. The first-order chi connectivity index (χ1) is 14.5. The molecule has 0 saturated carbocycles. The van der Waals surface area contributed by atoms with Gasteiger partial charge < -0.3 is 5.32 Å². The molecule has 3 aromatic rings. The molecular formula is C20H17ClF4N4O2. The summed E-state index contributed by atoms with van der Waals surface area (Å²) in [5.74, 6) is -2.90. The van der Waals surface area contributed by atoms with Crippen molar-refractivity contribution in [2.24, 2.45) is 0 Å². The highest BCUT2D eigenvalue weighted by Crippen LogP contribution is 2.28. The summed E-state index contributed by atoms with van der Waals surface area (Å²) in [5, 5.41) is 6.46. The quantitative estimate of drug-likeness (QED) is 0.589. The topological polar surface area (TPSA) is 68.9 Å². The Morgan fingerprint density at radius 3 is 2.42 bits per heavy atom. The van der Waals surface area contributed by atoms with Gasteiger partial charge in [0.1, 0.15) is 12.4 Å². The summed E-state index contributed by atoms with van der Waals surface area (Å²) >= 11 is 5.98. The van der Waals surface area contributed by atoms with Crippen molar-refractivity contribution < 1.29 is 22.4 Å². The van der Waals surface area contributed by atoms with Crippen LogP contribution in [0.4, 0.5) is 17.6 Å². The normalized spacial score (nSPS) is 12.6. The summed E-state index contributed by atoms with van der Waals surface area (Å²) in [6.45, 7) is 2.75. The number of benzene rings is 2. The van der Waals surface area contributed by atoms with Crippen LogP contribution in [-0.4, -0.2) is 20.3 Å². The summed E-state index contributed by atoms with van der Waals surface area (Å²) in [7, 11) is 0. The highest BCUT2D eigenvalue weighted by atomic mass is 35.5. The molecule has 1 N–H and O–H groups in total. The minimum Gasteiger partial charge on any atom is -0.348 e. The number of alkyl halides is 3. The molecule has 0 unspecified atom stereocenters. The van der Waals surface area contributed by atoms with Crippen molar-refractivity contribution in [3.05, 3.63) is 80.7 Å². The van der Waals surface area contributed by atoms with Crippen molar-refractivity contribution in [1.29, 1.82) is 0 Å². The van der Waals surface area contributed by atoms with Gasteiger partial charge in [0.2, 0.25) is 11.7 Å². The Morgan fingerprint density at radius 2 is 1.84 bits per heavy atom. The lowest BCUT2D eigenvalue weighted by atomic mass is 10.1. The first kappa shape index (κ1) is 22.5. The van der Waals surface area contributed by atoms with Crippen molar-refractivity contribution >= 4 is 17.5 Å². The van der Waals surface area contributed by atoms with Gasteiger partial charge in [0.05, 0.1) is 11.7 Å². The number of hydrogen-bond acceptors (Lipinski definition) is 3. The van der Waals surface area contributed by atoms with E-state index in [1.54, 1.807) is 32.0 Å². The summed E-state index contributed by atoms with van der Waals surface area (Å²) in [4.78, 5) is 24.9. The molecule has 1 atom stereocenters. The molecule has 1 aromatic heterocycles. The van der Waals surface area contributed by atoms with Crippen LogP contribution in [-0.2, 0) is 17.5 Å². The second-order valence-electron chi connectivity index (χ2n) is 6.87. The van der Waals surface area contributed by atoms with E-state index in [9.17, 15) is 27.2 Å². The van der Waals surface area contributed by atoms with Crippen LogP contribution in [0.1, 0.15) is 29.9 Å². The Kier molecular flexibility index (Phi) is 6.21. The van der Waals surface area contributed by atoms with Gasteiger partial charge in [-0.2, -0.15) is 13.2 Å². The van der Waals surface area contributed by atoms with E-state index in [4.69, 9.17) is 11.6 Å². The van der Waals surface area contributed by atoms with Gasteiger partial charge in [-0.1, -0.05) is 23.7 Å². The fourth-order valence-electron chi connectivity index (χ4n) is 2.96. The smallest absolute Gasteiger partial charge is 0.348 e. The maximum atomic E-state index is 13.4. The molecule has 0 spiro atoms. The summed E-state index contributed by atoms with van der Waals surface area (Å²) in [6.07, 6.45) is -4.97. The van der Waals surface area contributed by atoms with E-state index in [1.807, 2.05) is 0 Å². The Labute approximate surface area is 179 Å². The average molecular weight is 457 g/mol. The van der Waals surface area contributed by atoms with Crippen LogP contribution < -0.4 is 11.0 Å². The molecule has 0 saturated heterocycles. The Morgan fingerprint density at radius 1 is 1.19 bits per heavy atom. The van der Waals surface area contributed by atoms with Crippen molar-refractivity contribution in [2.45, 2.75) is 32.6 Å². The predicted molar refractivity (Wildman–Crippen MR) is 106 cm³/mol. The zero-order valence-electron chi connectivity index (χ0n) is 16.4. The van der Waals surface area contributed by atoms with E-state index >= 15 is 0 Å². The number of carbonyl (C=O) groups excluding carboxylic acids is 1. The molecule has 1 amide bonds. The summed E-state index contributed by atoms with van der Waals surface area (Å²) in [6, 6.07) is 8.53. The third-order valence-corrected chi connectivity index (χ3v) is 4.95. The molecule has 0 fully saturated rings. The van der Waals surface area contributed by atoms with E-state index in [-0.39, 0.29) is 5.69 Å². The fraction of sp³-hybridized carbons (Fsp3) is 0.250. The molecule has 0 aliphatic carbocycles. The maximum absolute atomic E-state index is 13.4. The van der Waals surface area contributed by atoms with Crippen LogP contribution in [0.5, 0.6) is 0 Å². The van der Waals surface area contributed by atoms with Gasteiger partial charge in [-0.05, 0) is 55.3 Å². The van der Waals surface area contributed by atoms with E-state index in [2.05, 4.69) is 10.4 Å². The molecule has 164 valence electrons. The van der Waals surface area contributed by atoms with Crippen LogP contribution in [0, 0.1) is 12.7 Å². The lowest BCUT2D eigenvalue weighted by molar-refractivity contribution is -0.146. The zero-order chi connectivity index (χ0) is 22.9. The minimum atomic E-state index is -4.97. The van der Waals surface area contributed by atoms with Gasteiger partial charge in [-0.15, -0.1) is 5.10 Å². The third kappa shape index (κ3) is 4.96. The minimum absolute atomic E-state index is 0.226. The highest BCUT2D eigenvalue weighted by Gasteiger charge is 2.39. The fourth-order valence-corrected chi connectivity index (χ4v) is 3.08. The van der Waals surface area contributed by atoms with Crippen molar-refractivity contribution in [1.82, 2.24) is 19.7 Å². The number of amides is 1. The first-order valence-electron chi connectivity index (χ1n) is 9.06. The van der Waals surface area contributed by atoms with Crippen LogP contribution in [0.3, 0.4) is 0 Å². The van der Waals surface area contributed by atoms with E-state index < -0.39 is 42.0 Å². The molecule has 11 heteroatoms. The molecule has 0 aliphatic rings. The third-order valence-electron chi connectivity index (χ3n) is 4.53. The van der Waals surface area contributed by atoms with E-state index in [0.717, 1.165) is 35.4 Å². The molecule has 0 aliphatic heterocycles. The number of nitrogens with zero attached hydrogens (tertiary/aromatic N) is 3. The molecule has 1 heterocycles. The lowest BCUT2D eigenvalue weighted by Gasteiger charge is -2.15. The second kappa shape index (κ2) is 8.54. The molecule has 6 nitrogen and oxygen atoms in total. The Balaban J connectivity index is 1.87. The van der Waals surface area contributed by atoms with Gasteiger partial charge in [0.15, 0.2) is 0 Å². The van der Waals surface area contributed by atoms with Crippen molar-refractivity contribution in [2.75, 3.05) is 0 Å². The number of rotatable bonds is 5. The maximum Gasteiger partial charge on any atom is 0.452 e. The number of aromatic nitrogens is 3. The lowest BCUT2D eigenvalue weighted by Crippen LogP contribution is -2.34. The molecule has 0 bridgehead atoms. The predicted octanol–water partition coefficient (Wildman–Crippen LogP) is 4.03. The highest BCUT2D eigenvalue weighted by molar-refractivity contribution is 6.31. The van der Waals surface area contributed by atoms with Gasteiger partial charge in [-0.3, -0.25) is 4.79 Å². The van der Waals surface area contributed by atoms with Crippen LogP contribution in [0.2, 0.25) is 5.02 Å². The number of aryl methyl sites for hydroxylation is 1. The van der Waals surface area contributed by atoms with Crippen molar-refractivity contribution in [3.63, 3.8) is 0 Å². The Bertz CT molecular complexity index is 1170. The van der Waals surface area contributed by atoms with Gasteiger partial charge in [0, 0.05) is 5.02 Å². The van der Waals surface area contributed by atoms with E-state index in [0.29, 0.717) is 14.3 Å². The van der Waals surface area contributed by atoms with Gasteiger partial charge in [0.25, 0.3) is 0 Å². The molecule has 0 radical (unpaired) electrons. The van der Waals surface area contributed by atoms with Gasteiger partial charge >= 0.3 is 11.9 Å². The van der Waals surface area contributed by atoms with Gasteiger partial charge in [-0.25, -0.2) is 18.4 Å². The standard InChI is InChI=1S/C20H17ClF4N4O2/c1-11-9-13(3-8-16(11)21)12(2)26-17(30)10-28-19(31)29(18(27-28)20(23,24)25)15-6-4-14(22)5-7-15/h3-9,12H,10H2,1-2H3,(H,26,30)/t12-/m0/s1. The van der Waals surface area contributed by atoms with Crippen LogP contribution >= 0.6 is 11.6 Å². The first-order valence-corrected chi connectivity index (χ1v) is 9.43.